The van der Waals surface area contributed by atoms with Crippen molar-refractivity contribution in [2.24, 2.45) is 5.92 Å². The van der Waals surface area contributed by atoms with Gasteiger partial charge in [0.25, 0.3) is 0 Å². The first-order valence-electron chi connectivity index (χ1n) is 4.64. The van der Waals surface area contributed by atoms with E-state index >= 15 is 0 Å². The van der Waals surface area contributed by atoms with E-state index in [4.69, 9.17) is 10.2 Å². The van der Waals surface area contributed by atoms with Crippen LogP contribution in [0.4, 0.5) is 0 Å². The fourth-order valence-electron chi connectivity index (χ4n) is 1.38. The highest BCUT2D eigenvalue weighted by Crippen LogP contribution is 2.14. The first-order chi connectivity index (χ1) is 6.24. The molecule has 0 aliphatic heterocycles. The quantitative estimate of drug-likeness (QED) is 0.690. The molecule has 0 radical (unpaired) electrons. The van der Waals surface area contributed by atoms with E-state index in [9.17, 15) is 0 Å². The lowest BCUT2D eigenvalue weighted by molar-refractivity contribution is -0.0843. The summed E-state index contributed by atoms with van der Waals surface area (Å²) in [6.45, 7) is 1.97. The molecule has 0 amide bonds. The molecule has 2 nitrogen and oxygen atoms in total. The standard InChI is InChI=1S/C11H16O2/c1-2-10(11(12)13)8-9-6-4-3-5-7-9/h3-7,10-13H,2,8H2,1H3. The average Bonchev–Trinajstić information content (AvgIpc) is 2.15. The van der Waals surface area contributed by atoms with Crippen molar-refractivity contribution >= 4 is 0 Å². The Morgan fingerprint density at radius 3 is 2.23 bits per heavy atom. The molecule has 0 aromatic heterocycles. The Bertz CT molecular complexity index is 231. The van der Waals surface area contributed by atoms with Crippen molar-refractivity contribution in [3.63, 3.8) is 0 Å². The normalized spacial score (nSPS) is 13.2. The van der Waals surface area contributed by atoms with Gasteiger partial charge in [0.15, 0.2) is 6.29 Å². The third-order valence-corrected chi connectivity index (χ3v) is 2.29. The third kappa shape index (κ3) is 3.17. The molecule has 1 aromatic rings. The molecule has 1 atom stereocenters. The van der Waals surface area contributed by atoms with Gasteiger partial charge in [-0.1, -0.05) is 37.3 Å². The van der Waals surface area contributed by atoms with E-state index in [1.807, 2.05) is 37.3 Å². The van der Waals surface area contributed by atoms with Crippen LogP contribution < -0.4 is 0 Å². The van der Waals surface area contributed by atoms with E-state index in [1.165, 1.54) is 0 Å². The summed E-state index contributed by atoms with van der Waals surface area (Å²) in [5.41, 5.74) is 1.16. The minimum Gasteiger partial charge on any atom is -0.368 e. The van der Waals surface area contributed by atoms with Gasteiger partial charge in [-0.25, -0.2) is 0 Å². The highest BCUT2D eigenvalue weighted by atomic mass is 16.5. The summed E-state index contributed by atoms with van der Waals surface area (Å²) in [6.07, 6.45) is 0.312. The fourth-order valence-corrected chi connectivity index (χ4v) is 1.38. The van der Waals surface area contributed by atoms with Crippen molar-refractivity contribution in [3.05, 3.63) is 35.9 Å². The molecule has 2 N–H and O–H groups in total. The second-order valence-electron chi connectivity index (χ2n) is 3.27. The topological polar surface area (TPSA) is 40.5 Å². The maximum absolute atomic E-state index is 9.03. The Hall–Kier alpha value is -0.860. The maximum Gasteiger partial charge on any atom is 0.154 e. The smallest absolute Gasteiger partial charge is 0.154 e. The van der Waals surface area contributed by atoms with Gasteiger partial charge in [-0.2, -0.15) is 0 Å². The van der Waals surface area contributed by atoms with E-state index in [0.29, 0.717) is 0 Å². The van der Waals surface area contributed by atoms with Gasteiger partial charge in [0, 0.05) is 5.92 Å². The van der Waals surface area contributed by atoms with Crippen molar-refractivity contribution in [1.82, 2.24) is 0 Å². The van der Waals surface area contributed by atoms with E-state index in [0.717, 1.165) is 18.4 Å². The lowest BCUT2D eigenvalue weighted by Gasteiger charge is -2.16. The molecule has 0 bridgehead atoms. The van der Waals surface area contributed by atoms with Crippen molar-refractivity contribution in [1.29, 1.82) is 0 Å². The van der Waals surface area contributed by atoms with Crippen molar-refractivity contribution < 1.29 is 10.2 Å². The average molecular weight is 180 g/mol. The Labute approximate surface area is 78.8 Å². The maximum atomic E-state index is 9.03. The van der Waals surface area contributed by atoms with Gasteiger partial charge in [-0.3, -0.25) is 0 Å². The predicted octanol–water partition coefficient (Wildman–Crippen LogP) is 1.57. The van der Waals surface area contributed by atoms with Gasteiger partial charge in [0.2, 0.25) is 0 Å². The van der Waals surface area contributed by atoms with Gasteiger partial charge in [0.05, 0.1) is 0 Å². The summed E-state index contributed by atoms with van der Waals surface area (Å²) in [7, 11) is 0. The van der Waals surface area contributed by atoms with Gasteiger partial charge in [-0.15, -0.1) is 0 Å². The largest absolute Gasteiger partial charge is 0.368 e. The Morgan fingerprint density at radius 2 is 1.77 bits per heavy atom. The van der Waals surface area contributed by atoms with Crippen molar-refractivity contribution in [2.75, 3.05) is 0 Å². The number of hydrogen-bond donors (Lipinski definition) is 2. The van der Waals surface area contributed by atoms with Crippen LogP contribution in [-0.4, -0.2) is 16.5 Å². The highest BCUT2D eigenvalue weighted by Gasteiger charge is 2.14. The number of hydrogen-bond acceptors (Lipinski definition) is 2. The van der Waals surface area contributed by atoms with Gasteiger partial charge in [-0.05, 0) is 18.4 Å². The minimum absolute atomic E-state index is 0.0533. The third-order valence-electron chi connectivity index (χ3n) is 2.29. The van der Waals surface area contributed by atoms with Crippen LogP contribution in [0.3, 0.4) is 0 Å². The van der Waals surface area contributed by atoms with Crippen LogP contribution >= 0.6 is 0 Å². The molecule has 13 heavy (non-hydrogen) atoms. The van der Waals surface area contributed by atoms with Gasteiger partial charge < -0.3 is 10.2 Å². The van der Waals surface area contributed by atoms with Crippen LogP contribution in [0.1, 0.15) is 18.9 Å². The van der Waals surface area contributed by atoms with Crippen LogP contribution in [0.25, 0.3) is 0 Å². The highest BCUT2D eigenvalue weighted by molar-refractivity contribution is 5.15. The monoisotopic (exact) mass is 180 g/mol. The van der Waals surface area contributed by atoms with Crippen LogP contribution in [-0.2, 0) is 6.42 Å². The lowest BCUT2D eigenvalue weighted by Crippen LogP contribution is -2.20. The van der Waals surface area contributed by atoms with Gasteiger partial charge in [0.1, 0.15) is 0 Å². The lowest BCUT2D eigenvalue weighted by atomic mass is 9.96. The Morgan fingerprint density at radius 1 is 1.15 bits per heavy atom. The molecule has 72 valence electrons. The fraction of sp³-hybridized carbons (Fsp3) is 0.455. The number of aliphatic hydroxyl groups is 2. The van der Waals surface area contributed by atoms with Crippen molar-refractivity contribution in [3.8, 4) is 0 Å². The molecule has 1 unspecified atom stereocenters. The van der Waals surface area contributed by atoms with Crippen molar-refractivity contribution in [2.45, 2.75) is 26.1 Å². The van der Waals surface area contributed by atoms with E-state index in [-0.39, 0.29) is 5.92 Å². The summed E-state index contributed by atoms with van der Waals surface area (Å²) in [6, 6.07) is 9.90. The zero-order valence-corrected chi connectivity index (χ0v) is 7.85. The van der Waals surface area contributed by atoms with E-state index in [2.05, 4.69) is 0 Å². The summed E-state index contributed by atoms with van der Waals surface area (Å²) in [4.78, 5) is 0. The number of rotatable bonds is 4. The molecule has 0 aliphatic rings. The zero-order valence-electron chi connectivity index (χ0n) is 7.85. The Balaban J connectivity index is 2.57. The molecule has 1 rings (SSSR count). The molecular formula is C11H16O2. The first kappa shape index (κ1) is 10.2. The molecular weight excluding hydrogens is 164 g/mol. The summed E-state index contributed by atoms with van der Waals surface area (Å²) >= 11 is 0. The van der Waals surface area contributed by atoms with Crippen LogP contribution in [0.5, 0.6) is 0 Å². The summed E-state index contributed by atoms with van der Waals surface area (Å²) in [5, 5.41) is 18.1. The summed E-state index contributed by atoms with van der Waals surface area (Å²) in [5.74, 6) is -0.0533. The number of benzene rings is 1. The minimum atomic E-state index is -1.20. The van der Waals surface area contributed by atoms with Gasteiger partial charge >= 0.3 is 0 Å². The van der Waals surface area contributed by atoms with E-state index in [1.54, 1.807) is 0 Å². The first-order valence-corrected chi connectivity index (χ1v) is 4.64. The van der Waals surface area contributed by atoms with E-state index < -0.39 is 6.29 Å². The Kier molecular flexibility index (Phi) is 3.93. The molecule has 0 spiro atoms. The summed E-state index contributed by atoms with van der Waals surface area (Å²) < 4.78 is 0. The molecule has 0 saturated heterocycles. The molecule has 1 aromatic carbocycles. The molecule has 0 saturated carbocycles. The SMILES string of the molecule is CCC(Cc1ccccc1)C(O)O. The number of aliphatic hydroxyl groups excluding tert-OH is 1. The molecule has 0 heterocycles. The molecule has 0 aliphatic carbocycles. The molecule has 0 fully saturated rings. The van der Waals surface area contributed by atoms with Crippen LogP contribution in [0, 0.1) is 5.92 Å². The van der Waals surface area contributed by atoms with Crippen LogP contribution in [0.15, 0.2) is 30.3 Å². The predicted molar refractivity (Wildman–Crippen MR) is 52.2 cm³/mol. The van der Waals surface area contributed by atoms with Crippen LogP contribution in [0.2, 0.25) is 0 Å². The second kappa shape index (κ2) is 5.00. The zero-order chi connectivity index (χ0) is 9.68. The second-order valence-corrected chi connectivity index (χ2v) is 3.27. The molecule has 2 heteroatoms.